The molecule has 3 aromatic rings. The molecule has 1 saturated heterocycles. The van der Waals surface area contributed by atoms with Crippen molar-refractivity contribution >= 4 is 17.3 Å². The minimum atomic E-state index is 0.0742. The molecule has 1 aliphatic heterocycles. The van der Waals surface area contributed by atoms with Crippen molar-refractivity contribution < 1.29 is 9.53 Å². The summed E-state index contributed by atoms with van der Waals surface area (Å²) in [5, 5.41) is 3.01. The van der Waals surface area contributed by atoms with Crippen molar-refractivity contribution in [1.82, 2.24) is 9.88 Å². The lowest BCUT2D eigenvalue weighted by Crippen LogP contribution is -2.46. The molecular weight excluding hydrogens is 412 g/mol. The molecule has 172 valence electrons. The van der Waals surface area contributed by atoms with E-state index in [0.717, 1.165) is 68.1 Å². The number of ether oxygens (including phenoxy) is 1. The molecule has 1 aromatic heterocycles. The Bertz CT molecular complexity index is 1020. The zero-order valence-corrected chi connectivity index (χ0v) is 19.2. The topological polar surface area (TPSA) is 57.7 Å². The van der Waals surface area contributed by atoms with Crippen LogP contribution in [0.3, 0.4) is 0 Å². The quantitative estimate of drug-likeness (QED) is 0.485. The average molecular weight is 445 g/mol. The van der Waals surface area contributed by atoms with Crippen LogP contribution in [-0.2, 0) is 4.79 Å². The molecule has 6 heteroatoms. The van der Waals surface area contributed by atoms with E-state index < -0.39 is 0 Å². The number of pyridine rings is 1. The molecule has 0 saturated carbocycles. The number of carbonyl (C=O) groups excluding carboxylic acids is 1. The predicted molar refractivity (Wildman–Crippen MR) is 134 cm³/mol. The minimum Gasteiger partial charge on any atom is -0.495 e. The number of aromatic nitrogens is 1. The number of piperazine rings is 1. The first kappa shape index (κ1) is 22.8. The van der Waals surface area contributed by atoms with Gasteiger partial charge in [0.05, 0.1) is 12.8 Å². The molecular formula is C27H32N4O2. The Balaban J connectivity index is 1.14. The van der Waals surface area contributed by atoms with Crippen LogP contribution < -0.4 is 15.0 Å². The van der Waals surface area contributed by atoms with Crippen molar-refractivity contribution in [2.75, 3.05) is 50.1 Å². The van der Waals surface area contributed by atoms with Crippen LogP contribution in [0.4, 0.5) is 11.4 Å². The van der Waals surface area contributed by atoms with Gasteiger partial charge < -0.3 is 15.0 Å². The molecule has 1 N–H and O–H groups in total. The van der Waals surface area contributed by atoms with Gasteiger partial charge in [-0.1, -0.05) is 30.3 Å². The lowest BCUT2D eigenvalue weighted by atomic mass is 10.1. The molecule has 6 nitrogen and oxygen atoms in total. The number of para-hydroxylation sites is 2. The lowest BCUT2D eigenvalue weighted by molar-refractivity contribution is -0.116. The van der Waals surface area contributed by atoms with E-state index in [1.165, 1.54) is 5.69 Å². The molecule has 1 amide bonds. The standard InChI is InChI=1S/C27H32N4O2/c1-33-26-9-3-2-8-25(26)31-19-17-30(18-20-31)16-5-4-10-27(32)29-24-13-11-22(12-14-24)23-7-6-15-28-21-23/h2-3,6-9,11-15,21H,4-5,10,16-20H2,1H3,(H,29,32). The Hall–Kier alpha value is -3.38. The summed E-state index contributed by atoms with van der Waals surface area (Å²) < 4.78 is 5.50. The molecule has 1 fully saturated rings. The van der Waals surface area contributed by atoms with Gasteiger partial charge in [-0.25, -0.2) is 0 Å². The lowest BCUT2D eigenvalue weighted by Gasteiger charge is -2.36. The highest BCUT2D eigenvalue weighted by Gasteiger charge is 2.19. The zero-order chi connectivity index (χ0) is 22.9. The largest absolute Gasteiger partial charge is 0.495 e. The van der Waals surface area contributed by atoms with Crippen LogP contribution in [0, 0.1) is 0 Å². The Morgan fingerprint density at radius 1 is 0.939 bits per heavy atom. The molecule has 0 unspecified atom stereocenters. The number of hydrogen-bond donors (Lipinski definition) is 1. The number of unbranched alkanes of at least 4 members (excludes halogenated alkanes) is 1. The maximum Gasteiger partial charge on any atom is 0.224 e. The number of benzene rings is 2. The molecule has 0 spiro atoms. The van der Waals surface area contributed by atoms with E-state index in [4.69, 9.17) is 4.74 Å². The summed E-state index contributed by atoms with van der Waals surface area (Å²) in [4.78, 5) is 21.4. The Morgan fingerprint density at radius 3 is 2.45 bits per heavy atom. The zero-order valence-electron chi connectivity index (χ0n) is 19.2. The van der Waals surface area contributed by atoms with E-state index in [1.54, 1.807) is 13.3 Å². The number of hydrogen-bond acceptors (Lipinski definition) is 5. The van der Waals surface area contributed by atoms with E-state index in [2.05, 4.69) is 32.2 Å². The van der Waals surface area contributed by atoms with Crippen molar-refractivity contribution in [2.24, 2.45) is 0 Å². The van der Waals surface area contributed by atoms with Crippen molar-refractivity contribution in [1.29, 1.82) is 0 Å². The van der Waals surface area contributed by atoms with Crippen LogP contribution in [0.5, 0.6) is 5.75 Å². The second-order valence-electron chi connectivity index (χ2n) is 8.32. The molecule has 0 atom stereocenters. The monoisotopic (exact) mass is 444 g/mol. The van der Waals surface area contributed by atoms with Crippen LogP contribution in [0.1, 0.15) is 19.3 Å². The fraction of sp³-hybridized carbons (Fsp3) is 0.333. The molecule has 4 rings (SSSR count). The van der Waals surface area contributed by atoms with E-state index in [9.17, 15) is 4.79 Å². The summed E-state index contributed by atoms with van der Waals surface area (Å²) in [7, 11) is 1.72. The maximum absolute atomic E-state index is 12.3. The van der Waals surface area contributed by atoms with Crippen molar-refractivity contribution in [3.63, 3.8) is 0 Å². The maximum atomic E-state index is 12.3. The van der Waals surface area contributed by atoms with Gasteiger partial charge in [0.1, 0.15) is 5.75 Å². The molecule has 2 heterocycles. The molecule has 0 bridgehead atoms. The summed E-state index contributed by atoms with van der Waals surface area (Å²) >= 11 is 0. The van der Waals surface area contributed by atoms with Gasteiger partial charge in [-0.05, 0) is 60.8 Å². The normalized spacial score (nSPS) is 14.2. The first-order chi connectivity index (χ1) is 16.2. The summed E-state index contributed by atoms with van der Waals surface area (Å²) in [6.45, 7) is 5.10. The van der Waals surface area contributed by atoms with Gasteiger partial charge in [0.2, 0.25) is 5.91 Å². The predicted octanol–water partition coefficient (Wildman–Crippen LogP) is 4.69. The van der Waals surface area contributed by atoms with Crippen LogP contribution in [0.25, 0.3) is 11.1 Å². The fourth-order valence-corrected chi connectivity index (χ4v) is 4.23. The fourth-order valence-electron chi connectivity index (χ4n) is 4.23. The number of rotatable bonds is 9. The number of nitrogens with zero attached hydrogens (tertiary/aromatic N) is 3. The Labute approximate surface area is 196 Å². The second-order valence-corrected chi connectivity index (χ2v) is 8.32. The molecule has 0 radical (unpaired) electrons. The highest BCUT2D eigenvalue weighted by Crippen LogP contribution is 2.28. The number of nitrogens with one attached hydrogen (secondary N) is 1. The molecule has 0 aliphatic carbocycles. The van der Waals surface area contributed by atoms with Crippen LogP contribution >= 0.6 is 0 Å². The SMILES string of the molecule is COc1ccccc1N1CCN(CCCCC(=O)Nc2ccc(-c3cccnc3)cc2)CC1. The smallest absolute Gasteiger partial charge is 0.224 e. The van der Waals surface area contributed by atoms with Gasteiger partial charge in [0, 0.05) is 50.7 Å². The summed E-state index contributed by atoms with van der Waals surface area (Å²) in [5.74, 6) is 1.01. The number of amides is 1. The third-order valence-corrected chi connectivity index (χ3v) is 6.09. The average Bonchev–Trinajstić information content (AvgIpc) is 2.88. The van der Waals surface area contributed by atoms with Gasteiger partial charge >= 0.3 is 0 Å². The third-order valence-electron chi connectivity index (χ3n) is 6.09. The first-order valence-corrected chi connectivity index (χ1v) is 11.6. The van der Waals surface area contributed by atoms with E-state index in [-0.39, 0.29) is 5.91 Å². The summed E-state index contributed by atoms with van der Waals surface area (Å²) in [6, 6.07) is 20.1. The Kier molecular flexibility index (Phi) is 7.93. The highest BCUT2D eigenvalue weighted by molar-refractivity contribution is 5.90. The molecule has 1 aliphatic rings. The van der Waals surface area contributed by atoms with E-state index >= 15 is 0 Å². The summed E-state index contributed by atoms with van der Waals surface area (Å²) in [5.41, 5.74) is 4.16. The number of methoxy groups -OCH3 is 1. The molecule has 33 heavy (non-hydrogen) atoms. The van der Waals surface area contributed by atoms with Crippen molar-refractivity contribution in [3.8, 4) is 16.9 Å². The van der Waals surface area contributed by atoms with Crippen molar-refractivity contribution in [3.05, 3.63) is 73.1 Å². The van der Waals surface area contributed by atoms with Crippen molar-refractivity contribution in [2.45, 2.75) is 19.3 Å². The first-order valence-electron chi connectivity index (χ1n) is 11.6. The van der Waals surface area contributed by atoms with E-state index in [1.807, 2.05) is 54.7 Å². The van der Waals surface area contributed by atoms with E-state index in [0.29, 0.717) is 6.42 Å². The third kappa shape index (κ3) is 6.33. The molecule has 2 aromatic carbocycles. The van der Waals surface area contributed by atoms with Gasteiger partial charge in [0.25, 0.3) is 0 Å². The Morgan fingerprint density at radius 2 is 1.73 bits per heavy atom. The van der Waals surface area contributed by atoms with Gasteiger partial charge in [-0.2, -0.15) is 0 Å². The highest BCUT2D eigenvalue weighted by atomic mass is 16.5. The second kappa shape index (κ2) is 11.5. The van der Waals surface area contributed by atoms with Gasteiger partial charge in [0.15, 0.2) is 0 Å². The van der Waals surface area contributed by atoms with Crippen LogP contribution in [0.15, 0.2) is 73.1 Å². The van der Waals surface area contributed by atoms with Gasteiger partial charge in [-0.15, -0.1) is 0 Å². The number of anilines is 2. The van der Waals surface area contributed by atoms with Gasteiger partial charge in [-0.3, -0.25) is 14.7 Å². The van der Waals surface area contributed by atoms with Crippen LogP contribution in [-0.4, -0.2) is 55.6 Å². The number of carbonyl (C=O) groups is 1. The minimum absolute atomic E-state index is 0.0742. The summed E-state index contributed by atoms with van der Waals surface area (Å²) in [6.07, 6.45) is 6.08. The van der Waals surface area contributed by atoms with Crippen LogP contribution in [0.2, 0.25) is 0 Å².